The van der Waals surface area contributed by atoms with E-state index in [0.29, 0.717) is 17.8 Å². The molecule has 2 rings (SSSR count). The molecule has 2 aromatic rings. The van der Waals surface area contributed by atoms with Gasteiger partial charge in [-0.15, -0.1) is 0 Å². The molecule has 0 amide bonds. The van der Waals surface area contributed by atoms with Crippen LogP contribution in [0.3, 0.4) is 0 Å². The van der Waals surface area contributed by atoms with Crippen molar-refractivity contribution < 1.29 is 13.5 Å². The van der Waals surface area contributed by atoms with Gasteiger partial charge in [-0.05, 0) is 31.5 Å². The lowest BCUT2D eigenvalue weighted by molar-refractivity contribution is 0.173. The molecule has 0 bridgehead atoms. The minimum absolute atomic E-state index is 0.169. The van der Waals surface area contributed by atoms with Gasteiger partial charge in [0.25, 0.3) is 0 Å². The molecule has 0 aliphatic rings. The topological polar surface area (TPSA) is 85.1 Å². The SMILES string of the molecule is CC(C)n1ncnc1CC(O)c1ccc(S(C)(=O)=O)cc1. The molecule has 0 fully saturated rings. The predicted octanol–water partition coefficient (Wildman–Crippen LogP) is 1.54. The maximum atomic E-state index is 11.4. The molecule has 1 unspecified atom stereocenters. The highest BCUT2D eigenvalue weighted by atomic mass is 32.2. The Hall–Kier alpha value is -1.73. The number of aliphatic hydroxyl groups is 1. The maximum absolute atomic E-state index is 11.4. The summed E-state index contributed by atoms with van der Waals surface area (Å²) in [4.78, 5) is 4.40. The van der Waals surface area contributed by atoms with E-state index in [2.05, 4.69) is 10.1 Å². The fraction of sp³-hybridized carbons (Fsp3) is 0.429. The molecule has 1 heterocycles. The van der Waals surface area contributed by atoms with Crippen LogP contribution < -0.4 is 0 Å². The van der Waals surface area contributed by atoms with E-state index in [9.17, 15) is 13.5 Å². The Bertz CT molecular complexity index is 705. The predicted molar refractivity (Wildman–Crippen MR) is 78.6 cm³/mol. The van der Waals surface area contributed by atoms with E-state index in [1.807, 2.05) is 13.8 Å². The lowest BCUT2D eigenvalue weighted by Gasteiger charge is -2.14. The molecule has 0 saturated carbocycles. The van der Waals surface area contributed by atoms with Crippen molar-refractivity contribution in [2.45, 2.75) is 37.3 Å². The lowest BCUT2D eigenvalue weighted by Crippen LogP contribution is -2.12. The number of aliphatic hydroxyl groups excluding tert-OH is 1. The largest absolute Gasteiger partial charge is 0.388 e. The second kappa shape index (κ2) is 5.95. The summed E-state index contributed by atoms with van der Waals surface area (Å²) in [6, 6.07) is 6.42. The summed E-state index contributed by atoms with van der Waals surface area (Å²) in [5, 5.41) is 14.4. The number of hydrogen-bond acceptors (Lipinski definition) is 5. The van der Waals surface area contributed by atoms with Gasteiger partial charge in [0.05, 0.1) is 11.0 Å². The molecule has 0 aliphatic carbocycles. The Labute approximate surface area is 124 Å². The van der Waals surface area contributed by atoms with E-state index < -0.39 is 15.9 Å². The Morgan fingerprint density at radius 1 is 1.24 bits per heavy atom. The zero-order chi connectivity index (χ0) is 15.6. The summed E-state index contributed by atoms with van der Waals surface area (Å²) >= 11 is 0. The van der Waals surface area contributed by atoms with Crippen molar-refractivity contribution in [3.63, 3.8) is 0 Å². The van der Waals surface area contributed by atoms with E-state index in [1.54, 1.807) is 16.8 Å². The van der Waals surface area contributed by atoms with Crippen LogP contribution in [0, 0.1) is 0 Å². The molecule has 1 N–H and O–H groups in total. The smallest absolute Gasteiger partial charge is 0.175 e. The lowest BCUT2D eigenvalue weighted by atomic mass is 10.1. The van der Waals surface area contributed by atoms with Crippen molar-refractivity contribution in [2.24, 2.45) is 0 Å². The Balaban J connectivity index is 2.17. The summed E-state index contributed by atoms with van der Waals surface area (Å²) in [6.07, 6.45) is 2.20. The highest BCUT2D eigenvalue weighted by Gasteiger charge is 2.15. The zero-order valence-corrected chi connectivity index (χ0v) is 13.1. The summed E-state index contributed by atoms with van der Waals surface area (Å²) < 4.78 is 24.6. The van der Waals surface area contributed by atoms with Crippen LogP contribution in [0.2, 0.25) is 0 Å². The van der Waals surface area contributed by atoms with Gasteiger partial charge in [0.15, 0.2) is 9.84 Å². The molecule has 1 aromatic carbocycles. The minimum Gasteiger partial charge on any atom is -0.388 e. The van der Waals surface area contributed by atoms with Crippen molar-refractivity contribution in [1.29, 1.82) is 0 Å². The van der Waals surface area contributed by atoms with Gasteiger partial charge in [0.2, 0.25) is 0 Å². The second-order valence-corrected chi connectivity index (χ2v) is 7.29. The molecule has 21 heavy (non-hydrogen) atoms. The molecular weight excluding hydrogens is 290 g/mol. The van der Waals surface area contributed by atoms with E-state index >= 15 is 0 Å². The van der Waals surface area contributed by atoms with Crippen LogP contribution in [0.5, 0.6) is 0 Å². The van der Waals surface area contributed by atoms with Crippen molar-refractivity contribution in [3.8, 4) is 0 Å². The van der Waals surface area contributed by atoms with Crippen LogP contribution in [0.25, 0.3) is 0 Å². The average molecular weight is 309 g/mol. The minimum atomic E-state index is -3.22. The van der Waals surface area contributed by atoms with Gasteiger partial charge in [0, 0.05) is 18.7 Å². The Morgan fingerprint density at radius 2 is 1.86 bits per heavy atom. The number of nitrogens with zero attached hydrogens (tertiary/aromatic N) is 3. The molecule has 0 spiro atoms. The van der Waals surface area contributed by atoms with Crippen LogP contribution >= 0.6 is 0 Å². The Morgan fingerprint density at radius 3 is 2.38 bits per heavy atom. The summed E-state index contributed by atoms with van der Waals surface area (Å²) in [5.41, 5.74) is 0.653. The van der Waals surface area contributed by atoms with Crippen LogP contribution in [0.1, 0.15) is 37.4 Å². The number of rotatable bonds is 5. The molecule has 1 aromatic heterocycles. The van der Waals surface area contributed by atoms with Gasteiger partial charge in [-0.3, -0.25) is 0 Å². The molecule has 0 radical (unpaired) electrons. The average Bonchev–Trinajstić information content (AvgIpc) is 2.86. The molecule has 1 atom stereocenters. The quantitative estimate of drug-likeness (QED) is 0.905. The highest BCUT2D eigenvalue weighted by molar-refractivity contribution is 7.90. The van der Waals surface area contributed by atoms with Gasteiger partial charge in [-0.25, -0.2) is 18.1 Å². The summed E-state index contributed by atoms with van der Waals surface area (Å²) in [7, 11) is -3.22. The maximum Gasteiger partial charge on any atom is 0.175 e. The van der Waals surface area contributed by atoms with Gasteiger partial charge < -0.3 is 5.11 Å². The van der Waals surface area contributed by atoms with Crippen molar-refractivity contribution >= 4 is 9.84 Å². The number of aromatic nitrogens is 3. The van der Waals surface area contributed by atoms with E-state index in [4.69, 9.17) is 0 Å². The molecular formula is C14H19N3O3S. The molecule has 0 saturated heterocycles. The Kier molecular flexibility index (Phi) is 4.43. The standard InChI is InChI=1S/C14H19N3O3S/c1-10(2)17-14(15-9-16-17)8-13(18)11-4-6-12(7-5-11)21(3,19)20/h4-7,9-10,13,18H,8H2,1-3H3. The summed E-state index contributed by atoms with van der Waals surface area (Å²) in [5.74, 6) is 0.699. The first-order valence-electron chi connectivity index (χ1n) is 6.65. The number of sulfone groups is 1. The van der Waals surface area contributed by atoms with Gasteiger partial charge in [-0.2, -0.15) is 5.10 Å². The first-order chi connectivity index (χ1) is 9.79. The van der Waals surface area contributed by atoms with Gasteiger partial charge >= 0.3 is 0 Å². The fourth-order valence-corrected chi connectivity index (χ4v) is 2.71. The third kappa shape index (κ3) is 3.68. The third-order valence-electron chi connectivity index (χ3n) is 3.21. The molecule has 6 nitrogen and oxygen atoms in total. The highest BCUT2D eigenvalue weighted by Crippen LogP contribution is 2.20. The van der Waals surface area contributed by atoms with E-state index in [0.717, 1.165) is 6.26 Å². The summed E-state index contributed by atoms with van der Waals surface area (Å²) in [6.45, 7) is 3.98. The van der Waals surface area contributed by atoms with Gasteiger partial charge in [-0.1, -0.05) is 12.1 Å². The van der Waals surface area contributed by atoms with Crippen molar-refractivity contribution in [3.05, 3.63) is 42.0 Å². The van der Waals surface area contributed by atoms with Crippen molar-refractivity contribution in [2.75, 3.05) is 6.26 Å². The number of benzene rings is 1. The zero-order valence-electron chi connectivity index (χ0n) is 12.3. The molecule has 0 aliphatic heterocycles. The van der Waals surface area contributed by atoms with Crippen molar-refractivity contribution in [1.82, 2.24) is 14.8 Å². The van der Waals surface area contributed by atoms with Crippen LogP contribution in [-0.2, 0) is 16.3 Å². The van der Waals surface area contributed by atoms with Crippen LogP contribution in [0.15, 0.2) is 35.5 Å². The van der Waals surface area contributed by atoms with Crippen LogP contribution in [0.4, 0.5) is 0 Å². The second-order valence-electron chi connectivity index (χ2n) is 5.28. The normalized spacial score (nSPS) is 13.6. The third-order valence-corrected chi connectivity index (χ3v) is 4.33. The first-order valence-corrected chi connectivity index (χ1v) is 8.54. The first kappa shape index (κ1) is 15.7. The monoisotopic (exact) mass is 309 g/mol. The molecule has 114 valence electrons. The fourth-order valence-electron chi connectivity index (χ4n) is 2.08. The van der Waals surface area contributed by atoms with E-state index in [1.165, 1.54) is 18.5 Å². The molecule has 7 heteroatoms. The van der Waals surface area contributed by atoms with Crippen LogP contribution in [-0.4, -0.2) is 34.5 Å². The van der Waals surface area contributed by atoms with E-state index in [-0.39, 0.29) is 10.9 Å². The number of hydrogen-bond donors (Lipinski definition) is 1. The van der Waals surface area contributed by atoms with Gasteiger partial charge in [0.1, 0.15) is 12.2 Å².